The molecular weight excluding hydrogens is 244 g/mol. The number of aliphatic hydroxyl groups excluding tert-OH is 1. The van der Waals surface area contributed by atoms with E-state index in [1.807, 2.05) is 13.8 Å². The largest absolute Gasteiger partial charge is 0.461 e. The van der Waals surface area contributed by atoms with Crippen molar-refractivity contribution in [3.8, 4) is 0 Å². The average Bonchev–Trinajstić information content (AvgIpc) is 2.72. The highest BCUT2D eigenvalue weighted by molar-refractivity contribution is 6.09. The van der Waals surface area contributed by atoms with Gasteiger partial charge in [-0.1, -0.05) is 18.1 Å². The van der Waals surface area contributed by atoms with E-state index in [0.29, 0.717) is 6.42 Å². The molecule has 0 bridgehead atoms. The van der Waals surface area contributed by atoms with E-state index < -0.39 is 12.2 Å². The number of carbonyl (C=O) groups is 2. The Morgan fingerprint density at radius 1 is 1.32 bits per heavy atom. The van der Waals surface area contributed by atoms with Gasteiger partial charge in [0.2, 0.25) is 0 Å². The van der Waals surface area contributed by atoms with Crippen LogP contribution in [-0.2, 0) is 14.3 Å². The van der Waals surface area contributed by atoms with Crippen molar-refractivity contribution >= 4 is 11.8 Å². The molecule has 0 aromatic carbocycles. The first-order valence-corrected chi connectivity index (χ1v) is 6.72. The summed E-state index contributed by atoms with van der Waals surface area (Å²) in [6.45, 7) is 5.59. The van der Waals surface area contributed by atoms with Gasteiger partial charge in [0.25, 0.3) is 0 Å². The maximum Gasteiger partial charge on any atom is 0.309 e. The monoisotopic (exact) mass is 262 g/mol. The number of hydrogen-bond donors (Lipinski definition) is 1. The van der Waals surface area contributed by atoms with Crippen LogP contribution in [0.3, 0.4) is 0 Å². The number of ether oxygens (including phenoxy) is 1. The van der Waals surface area contributed by atoms with Crippen LogP contribution in [0.5, 0.6) is 0 Å². The zero-order valence-corrected chi connectivity index (χ0v) is 11.3. The van der Waals surface area contributed by atoms with Crippen LogP contribution in [0.4, 0.5) is 0 Å². The smallest absolute Gasteiger partial charge is 0.309 e. The zero-order valence-electron chi connectivity index (χ0n) is 11.3. The molecule has 0 unspecified atom stereocenters. The molecule has 0 aromatic rings. The quantitative estimate of drug-likeness (QED) is 0.670. The van der Waals surface area contributed by atoms with Gasteiger partial charge < -0.3 is 9.84 Å². The first-order valence-electron chi connectivity index (χ1n) is 6.72. The number of esters is 1. The minimum Gasteiger partial charge on any atom is -0.461 e. The molecule has 0 amide bonds. The Morgan fingerprint density at radius 3 is 2.68 bits per heavy atom. The number of hydrogen-bond acceptors (Lipinski definition) is 4. The molecule has 1 N–H and O–H groups in total. The Balaban J connectivity index is 2.11. The maximum absolute atomic E-state index is 12.1. The minimum atomic E-state index is -0.620. The summed E-state index contributed by atoms with van der Waals surface area (Å²) in [5.41, 5.74) is 2.59. The summed E-state index contributed by atoms with van der Waals surface area (Å²) in [6.07, 6.45) is 1.06. The van der Waals surface area contributed by atoms with Gasteiger partial charge in [0.15, 0.2) is 5.78 Å². The maximum atomic E-state index is 12.1. The van der Waals surface area contributed by atoms with Crippen LogP contribution in [0, 0.1) is 17.8 Å². The Morgan fingerprint density at radius 2 is 2.00 bits per heavy atom. The minimum absolute atomic E-state index is 0.00320. The van der Waals surface area contributed by atoms with Gasteiger partial charge in [-0.25, -0.2) is 0 Å². The Labute approximate surface area is 112 Å². The lowest BCUT2D eigenvalue weighted by atomic mass is 9.80. The van der Waals surface area contributed by atoms with Gasteiger partial charge in [0.1, 0.15) is 6.10 Å². The van der Waals surface area contributed by atoms with Crippen LogP contribution < -0.4 is 0 Å². The molecule has 3 rings (SSSR count). The summed E-state index contributed by atoms with van der Waals surface area (Å²) in [6, 6.07) is 0. The summed E-state index contributed by atoms with van der Waals surface area (Å²) in [7, 11) is 0. The number of carbonyl (C=O) groups excluding carboxylic acids is 2. The Bertz CT molecular complexity index is 528. The average molecular weight is 262 g/mol. The van der Waals surface area contributed by atoms with Crippen LogP contribution in [-0.4, -0.2) is 29.1 Å². The third kappa shape index (κ3) is 1.62. The predicted octanol–water partition coefficient (Wildman–Crippen LogP) is 1.39. The lowest BCUT2D eigenvalue weighted by molar-refractivity contribution is -0.144. The topological polar surface area (TPSA) is 63.6 Å². The Hall–Kier alpha value is -1.42. The molecule has 5 atom stereocenters. The van der Waals surface area contributed by atoms with Gasteiger partial charge in [0.05, 0.1) is 12.0 Å². The molecule has 102 valence electrons. The predicted molar refractivity (Wildman–Crippen MR) is 68.1 cm³/mol. The molecule has 4 nitrogen and oxygen atoms in total. The number of aliphatic hydroxyl groups is 1. The van der Waals surface area contributed by atoms with Gasteiger partial charge in [-0.15, -0.1) is 0 Å². The normalized spacial score (nSPS) is 41.7. The molecule has 0 spiro atoms. The SMILES string of the molecule is CC1=CC(=O)C2=C(C)C[C@@H](O)[C@@H]3[C@H](OC(=O)[C@H]3C)[C@@H]12. The van der Waals surface area contributed by atoms with E-state index in [1.54, 1.807) is 13.0 Å². The van der Waals surface area contributed by atoms with Gasteiger partial charge in [-0.2, -0.15) is 0 Å². The van der Waals surface area contributed by atoms with E-state index in [1.165, 1.54) is 0 Å². The van der Waals surface area contributed by atoms with E-state index in [9.17, 15) is 14.7 Å². The summed E-state index contributed by atoms with van der Waals surface area (Å²) in [5.74, 6) is -0.957. The fourth-order valence-corrected chi connectivity index (χ4v) is 3.82. The van der Waals surface area contributed by atoms with Gasteiger partial charge >= 0.3 is 5.97 Å². The number of rotatable bonds is 0. The number of allylic oxidation sites excluding steroid dienone is 1. The van der Waals surface area contributed by atoms with Crippen molar-refractivity contribution in [3.63, 3.8) is 0 Å². The van der Waals surface area contributed by atoms with Crippen molar-refractivity contribution in [1.82, 2.24) is 0 Å². The lowest BCUT2D eigenvalue weighted by Gasteiger charge is -2.26. The van der Waals surface area contributed by atoms with Crippen LogP contribution in [0.25, 0.3) is 0 Å². The molecule has 2 aliphatic carbocycles. The summed E-state index contributed by atoms with van der Waals surface area (Å²) in [4.78, 5) is 23.9. The van der Waals surface area contributed by atoms with Gasteiger partial charge in [-0.05, 0) is 26.3 Å². The van der Waals surface area contributed by atoms with E-state index in [4.69, 9.17) is 4.74 Å². The summed E-state index contributed by atoms with van der Waals surface area (Å²) < 4.78 is 5.48. The zero-order chi connectivity index (χ0) is 13.9. The number of fused-ring (bicyclic) bond motifs is 3. The molecule has 1 aliphatic heterocycles. The molecule has 0 radical (unpaired) electrons. The summed E-state index contributed by atoms with van der Waals surface area (Å²) in [5, 5.41) is 10.3. The van der Waals surface area contributed by atoms with Crippen LogP contribution in [0.1, 0.15) is 27.2 Å². The molecule has 1 fully saturated rings. The van der Waals surface area contributed by atoms with E-state index in [0.717, 1.165) is 16.7 Å². The second-order valence-corrected chi connectivity index (χ2v) is 5.96. The molecule has 4 heteroatoms. The van der Waals surface area contributed by atoms with Crippen LogP contribution in [0.15, 0.2) is 22.8 Å². The Kier molecular flexibility index (Phi) is 2.68. The second kappa shape index (κ2) is 4.04. The van der Waals surface area contributed by atoms with E-state index in [2.05, 4.69) is 0 Å². The molecule has 0 saturated carbocycles. The van der Waals surface area contributed by atoms with E-state index in [-0.39, 0.29) is 29.5 Å². The van der Waals surface area contributed by atoms with Crippen LogP contribution >= 0.6 is 0 Å². The highest BCUT2D eigenvalue weighted by Gasteiger charge is 2.53. The standard InChI is InChI=1S/C15H18O4/c1-6-4-10(17)13-8(3)15(18)19-14(13)12-7(2)5-9(16)11(6)12/h5,8,10,12-14,17H,4H2,1-3H3/t8-,10+,12-,13+,14+/m0/s1. The van der Waals surface area contributed by atoms with Crippen LogP contribution in [0.2, 0.25) is 0 Å². The van der Waals surface area contributed by atoms with Gasteiger partial charge in [-0.3, -0.25) is 9.59 Å². The highest BCUT2D eigenvalue weighted by Crippen LogP contribution is 2.47. The third-order valence-corrected chi connectivity index (χ3v) is 4.75. The molecule has 1 saturated heterocycles. The molecule has 0 aromatic heterocycles. The van der Waals surface area contributed by atoms with Crippen molar-refractivity contribution in [1.29, 1.82) is 0 Å². The number of ketones is 1. The third-order valence-electron chi connectivity index (χ3n) is 4.75. The molecule has 1 heterocycles. The molecular formula is C15H18O4. The van der Waals surface area contributed by atoms with Gasteiger partial charge in [0, 0.05) is 17.4 Å². The van der Waals surface area contributed by atoms with Crippen molar-refractivity contribution in [2.24, 2.45) is 17.8 Å². The lowest BCUT2D eigenvalue weighted by Crippen LogP contribution is -2.35. The first-order chi connectivity index (χ1) is 8.91. The molecule has 3 aliphatic rings. The fraction of sp³-hybridized carbons (Fsp3) is 0.600. The van der Waals surface area contributed by atoms with E-state index >= 15 is 0 Å². The van der Waals surface area contributed by atoms with Crippen molar-refractivity contribution in [2.45, 2.75) is 39.4 Å². The van der Waals surface area contributed by atoms with Crippen molar-refractivity contribution in [2.75, 3.05) is 0 Å². The molecule has 19 heavy (non-hydrogen) atoms. The second-order valence-electron chi connectivity index (χ2n) is 5.96. The van der Waals surface area contributed by atoms with Crippen molar-refractivity contribution in [3.05, 3.63) is 22.8 Å². The highest BCUT2D eigenvalue weighted by atomic mass is 16.6. The first kappa shape index (κ1) is 12.6. The summed E-state index contributed by atoms with van der Waals surface area (Å²) >= 11 is 0. The fourth-order valence-electron chi connectivity index (χ4n) is 3.82. The van der Waals surface area contributed by atoms with Crippen molar-refractivity contribution < 1.29 is 19.4 Å².